The Kier molecular flexibility index (Phi) is 6.49. The summed E-state index contributed by atoms with van der Waals surface area (Å²) in [4.78, 5) is 2.62. The average molecular weight is 378 g/mol. The van der Waals surface area contributed by atoms with Crippen molar-refractivity contribution in [3.8, 4) is 0 Å². The molecule has 0 aromatic heterocycles. The van der Waals surface area contributed by atoms with Gasteiger partial charge in [-0.2, -0.15) is 0 Å². The van der Waals surface area contributed by atoms with E-state index in [1.807, 2.05) is 0 Å². The number of hydrogen-bond acceptors (Lipinski definition) is 2. The summed E-state index contributed by atoms with van der Waals surface area (Å²) in [7, 11) is 0. The number of aryl methyl sites for hydroxylation is 1. The zero-order chi connectivity index (χ0) is 19.2. The summed E-state index contributed by atoms with van der Waals surface area (Å²) in [5.41, 5.74) is 2.47. The van der Waals surface area contributed by atoms with Crippen molar-refractivity contribution in [2.45, 2.75) is 62.9 Å². The summed E-state index contributed by atoms with van der Waals surface area (Å²) in [6, 6.07) is 21.8. The monoisotopic (exact) mass is 377 g/mol. The number of nitrogens with zero attached hydrogens (tertiary/aromatic N) is 1. The molecule has 2 nitrogen and oxygen atoms in total. The first kappa shape index (κ1) is 19.7. The molecule has 28 heavy (non-hydrogen) atoms. The molecule has 1 N–H and O–H groups in total. The van der Waals surface area contributed by atoms with Gasteiger partial charge in [-0.15, -0.1) is 0 Å². The first-order valence-electron chi connectivity index (χ1n) is 11.3. The van der Waals surface area contributed by atoms with Crippen LogP contribution in [0.2, 0.25) is 0 Å². The molecule has 1 aliphatic carbocycles. The molecule has 1 saturated heterocycles. The molecule has 0 radical (unpaired) electrons. The molecule has 4 rings (SSSR count). The third-order valence-corrected chi connectivity index (χ3v) is 7.12. The molecule has 0 bridgehead atoms. The van der Waals surface area contributed by atoms with Crippen molar-refractivity contribution in [1.82, 2.24) is 4.90 Å². The van der Waals surface area contributed by atoms with Crippen molar-refractivity contribution < 1.29 is 5.11 Å². The van der Waals surface area contributed by atoms with E-state index in [1.54, 1.807) is 0 Å². The maximum absolute atomic E-state index is 11.0. The van der Waals surface area contributed by atoms with E-state index >= 15 is 0 Å². The molecule has 2 fully saturated rings. The van der Waals surface area contributed by atoms with Gasteiger partial charge >= 0.3 is 0 Å². The molecule has 2 aliphatic rings. The highest BCUT2D eigenvalue weighted by molar-refractivity contribution is 5.21. The fourth-order valence-corrected chi connectivity index (χ4v) is 5.39. The molecular weight excluding hydrogens is 342 g/mol. The SMILES string of the molecule is OC1(CCCc2ccccc2)CCN(CC2CCCC2c2ccccc2)CC1. The Hall–Kier alpha value is -1.64. The van der Waals surface area contributed by atoms with Crippen LogP contribution in [0.15, 0.2) is 60.7 Å². The molecule has 1 heterocycles. The van der Waals surface area contributed by atoms with Crippen molar-refractivity contribution in [1.29, 1.82) is 0 Å². The molecule has 2 atom stereocenters. The van der Waals surface area contributed by atoms with Gasteiger partial charge in [0.1, 0.15) is 0 Å². The summed E-state index contributed by atoms with van der Waals surface area (Å²) < 4.78 is 0. The number of hydrogen-bond donors (Lipinski definition) is 1. The smallest absolute Gasteiger partial charge is 0.0672 e. The largest absolute Gasteiger partial charge is 0.390 e. The van der Waals surface area contributed by atoms with Crippen molar-refractivity contribution in [3.63, 3.8) is 0 Å². The van der Waals surface area contributed by atoms with Crippen LogP contribution < -0.4 is 0 Å². The van der Waals surface area contributed by atoms with Crippen molar-refractivity contribution >= 4 is 0 Å². The van der Waals surface area contributed by atoms with E-state index in [9.17, 15) is 5.11 Å². The molecule has 0 spiro atoms. The van der Waals surface area contributed by atoms with Crippen LogP contribution in [-0.2, 0) is 6.42 Å². The van der Waals surface area contributed by atoms with E-state index in [-0.39, 0.29) is 0 Å². The molecule has 1 saturated carbocycles. The number of benzene rings is 2. The number of piperidine rings is 1. The molecule has 2 heteroatoms. The van der Waals surface area contributed by atoms with Gasteiger partial charge in [0.2, 0.25) is 0 Å². The Morgan fingerprint density at radius 3 is 2.29 bits per heavy atom. The zero-order valence-electron chi connectivity index (χ0n) is 17.1. The molecule has 2 unspecified atom stereocenters. The minimum atomic E-state index is -0.445. The third kappa shape index (κ3) is 5.04. The van der Waals surface area contributed by atoms with Gasteiger partial charge in [-0.3, -0.25) is 0 Å². The van der Waals surface area contributed by atoms with Gasteiger partial charge in [-0.1, -0.05) is 67.1 Å². The fraction of sp³-hybridized carbons (Fsp3) is 0.538. The van der Waals surface area contributed by atoms with Crippen LogP contribution in [0.3, 0.4) is 0 Å². The van der Waals surface area contributed by atoms with E-state index in [0.29, 0.717) is 0 Å². The van der Waals surface area contributed by atoms with Crippen molar-refractivity contribution in [3.05, 3.63) is 71.8 Å². The average Bonchev–Trinajstić information content (AvgIpc) is 3.19. The van der Waals surface area contributed by atoms with Gasteiger partial charge in [-0.05, 0) is 67.9 Å². The van der Waals surface area contributed by atoms with Crippen LogP contribution in [-0.4, -0.2) is 35.2 Å². The molecular formula is C26H35NO. The van der Waals surface area contributed by atoms with Gasteiger partial charge in [-0.25, -0.2) is 0 Å². The molecule has 1 aliphatic heterocycles. The Morgan fingerprint density at radius 2 is 1.57 bits per heavy atom. The minimum absolute atomic E-state index is 0.445. The molecule has 150 valence electrons. The number of aliphatic hydroxyl groups is 1. The van der Waals surface area contributed by atoms with E-state index in [0.717, 1.165) is 57.0 Å². The second kappa shape index (κ2) is 9.24. The lowest BCUT2D eigenvalue weighted by atomic mass is 9.84. The Labute approximate surface area is 170 Å². The third-order valence-electron chi connectivity index (χ3n) is 7.12. The van der Waals surface area contributed by atoms with Gasteiger partial charge in [0.15, 0.2) is 0 Å². The summed E-state index contributed by atoms with van der Waals surface area (Å²) in [6.07, 6.45) is 9.03. The lowest BCUT2D eigenvalue weighted by Gasteiger charge is -2.40. The summed E-state index contributed by atoms with van der Waals surface area (Å²) >= 11 is 0. The van der Waals surface area contributed by atoms with Gasteiger partial charge < -0.3 is 10.0 Å². The van der Waals surface area contributed by atoms with Gasteiger partial charge in [0, 0.05) is 19.6 Å². The lowest BCUT2D eigenvalue weighted by molar-refractivity contribution is -0.0317. The van der Waals surface area contributed by atoms with Crippen LogP contribution in [0, 0.1) is 5.92 Å². The topological polar surface area (TPSA) is 23.5 Å². The molecule has 2 aromatic rings. The summed E-state index contributed by atoms with van der Waals surface area (Å²) in [5.74, 6) is 1.51. The maximum atomic E-state index is 11.0. The first-order chi connectivity index (χ1) is 13.7. The Morgan fingerprint density at radius 1 is 0.893 bits per heavy atom. The number of rotatable bonds is 7. The number of likely N-dealkylation sites (tertiary alicyclic amines) is 1. The standard InChI is InChI=1S/C26H35NO/c28-26(16-8-11-22-9-3-1-4-10-22)17-19-27(20-18-26)21-24-14-7-15-25(24)23-12-5-2-6-13-23/h1-6,9-10,12-13,24-25,28H,7-8,11,14-21H2. The summed E-state index contributed by atoms with van der Waals surface area (Å²) in [6.45, 7) is 3.32. The Balaban J connectivity index is 1.23. The predicted molar refractivity (Wildman–Crippen MR) is 117 cm³/mol. The first-order valence-corrected chi connectivity index (χ1v) is 11.3. The van der Waals surface area contributed by atoms with Crippen LogP contribution >= 0.6 is 0 Å². The van der Waals surface area contributed by atoms with Crippen LogP contribution in [0.4, 0.5) is 0 Å². The highest BCUT2D eigenvalue weighted by atomic mass is 16.3. The van der Waals surface area contributed by atoms with E-state index < -0.39 is 5.60 Å². The highest BCUT2D eigenvalue weighted by Crippen LogP contribution is 2.40. The van der Waals surface area contributed by atoms with Gasteiger partial charge in [0.05, 0.1) is 5.60 Å². The summed E-state index contributed by atoms with van der Waals surface area (Å²) in [5, 5.41) is 11.0. The fourth-order valence-electron chi connectivity index (χ4n) is 5.39. The highest BCUT2D eigenvalue weighted by Gasteiger charge is 2.35. The predicted octanol–water partition coefficient (Wildman–Crippen LogP) is 5.42. The zero-order valence-corrected chi connectivity index (χ0v) is 17.1. The van der Waals surface area contributed by atoms with E-state index in [2.05, 4.69) is 65.6 Å². The van der Waals surface area contributed by atoms with Gasteiger partial charge in [0.25, 0.3) is 0 Å². The molecule has 0 amide bonds. The minimum Gasteiger partial charge on any atom is -0.390 e. The van der Waals surface area contributed by atoms with Crippen LogP contribution in [0.5, 0.6) is 0 Å². The quantitative estimate of drug-likeness (QED) is 0.696. The van der Waals surface area contributed by atoms with Crippen LogP contribution in [0.1, 0.15) is 62.0 Å². The lowest BCUT2D eigenvalue weighted by Crippen LogP contribution is -2.46. The van der Waals surface area contributed by atoms with Crippen LogP contribution in [0.25, 0.3) is 0 Å². The second-order valence-corrected chi connectivity index (χ2v) is 9.07. The van der Waals surface area contributed by atoms with E-state index in [4.69, 9.17) is 0 Å². The van der Waals surface area contributed by atoms with E-state index in [1.165, 1.54) is 36.9 Å². The normalized spacial score (nSPS) is 25.0. The van der Waals surface area contributed by atoms with Crippen molar-refractivity contribution in [2.75, 3.05) is 19.6 Å². The second-order valence-electron chi connectivity index (χ2n) is 9.07. The molecule has 2 aromatic carbocycles. The Bertz CT molecular complexity index is 706. The van der Waals surface area contributed by atoms with Crippen molar-refractivity contribution in [2.24, 2.45) is 5.92 Å². The maximum Gasteiger partial charge on any atom is 0.0672 e.